The van der Waals surface area contributed by atoms with Crippen LogP contribution in [0, 0.1) is 6.92 Å². The first-order valence-electron chi connectivity index (χ1n) is 10.1. The zero-order valence-corrected chi connectivity index (χ0v) is 18.9. The van der Waals surface area contributed by atoms with E-state index in [0.29, 0.717) is 27.9 Å². The van der Waals surface area contributed by atoms with Crippen LogP contribution >= 0.6 is 11.8 Å². The third-order valence-corrected chi connectivity index (χ3v) is 6.59. The van der Waals surface area contributed by atoms with Crippen LogP contribution in [-0.2, 0) is 22.3 Å². The molecule has 0 saturated heterocycles. The molecular weight excluding hydrogens is 426 g/mol. The molecule has 1 N–H and O–H groups in total. The lowest BCUT2D eigenvalue weighted by Crippen LogP contribution is -2.33. The number of esters is 1. The Morgan fingerprint density at radius 3 is 2.66 bits per heavy atom. The van der Waals surface area contributed by atoms with Crippen molar-refractivity contribution in [2.24, 2.45) is 7.05 Å². The average molecular weight is 450 g/mol. The van der Waals surface area contributed by atoms with Crippen LogP contribution in [0.25, 0.3) is 0 Å². The topological polar surface area (TPSA) is 90.3 Å². The summed E-state index contributed by atoms with van der Waals surface area (Å²) in [7, 11) is 3.12. The van der Waals surface area contributed by atoms with Gasteiger partial charge in [0.25, 0.3) is 5.56 Å². The third kappa shape index (κ3) is 4.31. The molecule has 0 spiro atoms. The second kappa shape index (κ2) is 9.00. The normalized spacial score (nSPS) is 15.1. The summed E-state index contributed by atoms with van der Waals surface area (Å²) in [6.07, 6.45) is 0.136. The number of hydrogen-bond acceptors (Lipinski definition) is 6. The van der Waals surface area contributed by atoms with Gasteiger partial charge in [-0.25, -0.2) is 4.79 Å². The molecule has 0 saturated carbocycles. The van der Waals surface area contributed by atoms with Gasteiger partial charge in [-0.2, -0.15) is 4.98 Å². The van der Waals surface area contributed by atoms with Crippen LogP contribution in [0.1, 0.15) is 45.0 Å². The van der Waals surface area contributed by atoms with Crippen molar-refractivity contribution in [3.05, 3.63) is 86.7 Å². The number of amides is 1. The number of nitrogens with zero attached hydrogens (tertiary/aromatic N) is 2. The summed E-state index contributed by atoms with van der Waals surface area (Å²) in [6, 6.07) is 14.9. The molecule has 1 amide bonds. The Labute approximate surface area is 189 Å². The number of hydrogen-bond donors (Lipinski definition) is 1. The van der Waals surface area contributed by atoms with Gasteiger partial charge in [-0.05, 0) is 30.2 Å². The molecule has 2 heterocycles. The monoisotopic (exact) mass is 449 g/mol. The Morgan fingerprint density at radius 1 is 1.22 bits per heavy atom. The predicted molar refractivity (Wildman–Crippen MR) is 123 cm³/mol. The van der Waals surface area contributed by atoms with Crippen LogP contribution in [0.5, 0.6) is 0 Å². The lowest BCUT2D eigenvalue weighted by molar-refractivity contribution is -0.116. The fraction of sp³-hybridized carbons (Fsp3) is 0.250. The van der Waals surface area contributed by atoms with Crippen molar-refractivity contribution in [1.82, 2.24) is 9.55 Å². The van der Waals surface area contributed by atoms with E-state index >= 15 is 0 Å². The van der Waals surface area contributed by atoms with Gasteiger partial charge in [0.2, 0.25) is 5.91 Å². The van der Waals surface area contributed by atoms with E-state index in [-0.39, 0.29) is 17.9 Å². The zero-order valence-electron chi connectivity index (χ0n) is 18.0. The molecule has 1 aliphatic heterocycles. The van der Waals surface area contributed by atoms with Gasteiger partial charge in [-0.15, -0.1) is 0 Å². The zero-order chi connectivity index (χ0) is 22.8. The van der Waals surface area contributed by atoms with Crippen molar-refractivity contribution < 1.29 is 14.3 Å². The van der Waals surface area contributed by atoms with Crippen LogP contribution in [0.4, 0.5) is 5.82 Å². The van der Waals surface area contributed by atoms with E-state index in [2.05, 4.69) is 16.4 Å². The van der Waals surface area contributed by atoms with Gasteiger partial charge in [0, 0.05) is 25.1 Å². The van der Waals surface area contributed by atoms with E-state index in [1.165, 1.54) is 24.4 Å². The van der Waals surface area contributed by atoms with Crippen molar-refractivity contribution >= 4 is 29.5 Å². The average Bonchev–Trinajstić information content (AvgIpc) is 2.79. The lowest BCUT2D eigenvalue weighted by Gasteiger charge is -2.27. The second-order valence-electron chi connectivity index (χ2n) is 7.72. The van der Waals surface area contributed by atoms with E-state index in [1.807, 2.05) is 25.1 Å². The van der Waals surface area contributed by atoms with E-state index in [1.54, 1.807) is 35.9 Å². The first-order chi connectivity index (χ1) is 15.4. The SMILES string of the molecule is COC(=O)c1ccc(C2CC(=O)Nc3c2c(=O)nc(SCc2cccc(C)c2)n3C)cc1. The fourth-order valence-corrected chi connectivity index (χ4v) is 4.78. The standard InChI is InChI=1S/C24H23N3O4S/c1-14-5-4-6-15(11-14)13-32-24-26-22(29)20-18(12-19(28)25-21(20)27(24)2)16-7-9-17(10-8-16)23(30)31-3/h4-11,18H,12-13H2,1-3H3,(H,25,28). The van der Waals surface area contributed by atoms with Crippen LogP contribution in [0.15, 0.2) is 58.5 Å². The molecule has 4 rings (SSSR count). The molecule has 1 aliphatic rings. The van der Waals surface area contributed by atoms with Crippen molar-refractivity contribution in [2.45, 2.75) is 30.2 Å². The molecule has 1 atom stereocenters. The Morgan fingerprint density at radius 2 is 1.97 bits per heavy atom. The molecule has 1 unspecified atom stereocenters. The molecular formula is C24H23N3O4S. The molecule has 0 aliphatic carbocycles. The Balaban J connectivity index is 1.68. The van der Waals surface area contributed by atoms with Crippen molar-refractivity contribution in [3.8, 4) is 0 Å². The molecule has 7 nitrogen and oxygen atoms in total. The van der Waals surface area contributed by atoms with Gasteiger partial charge in [-0.3, -0.25) is 9.59 Å². The summed E-state index contributed by atoms with van der Waals surface area (Å²) < 4.78 is 6.50. The maximum atomic E-state index is 13.1. The summed E-state index contributed by atoms with van der Waals surface area (Å²) in [5.74, 6) is 0.0803. The van der Waals surface area contributed by atoms with Crippen LogP contribution < -0.4 is 10.9 Å². The number of nitrogens with one attached hydrogen (secondary N) is 1. The molecule has 2 aromatic carbocycles. The second-order valence-corrected chi connectivity index (χ2v) is 8.66. The highest BCUT2D eigenvalue weighted by Gasteiger charge is 2.32. The van der Waals surface area contributed by atoms with Gasteiger partial charge in [0.15, 0.2) is 5.16 Å². The third-order valence-electron chi connectivity index (χ3n) is 5.49. The number of ether oxygens (including phenoxy) is 1. The number of thioether (sulfide) groups is 1. The molecule has 8 heteroatoms. The molecule has 0 fully saturated rings. The number of aryl methyl sites for hydroxylation is 1. The Hall–Kier alpha value is -3.39. The number of anilines is 1. The van der Waals surface area contributed by atoms with Gasteiger partial charge < -0.3 is 14.6 Å². The molecule has 0 radical (unpaired) electrons. The molecule has 32 heavy (non-hydrogen) atoms. The lowest BCUT2D eigenvalue weighted by atomic mass is 9.86. The van der Waals surface area contributed by atoms with E-state index < -0.39 is 11.9 Å². The maximum absolute atomic E-state index is 13.1. The number of benzene rings is 2. The minimum absolute atomic E-state index is 0.136. The predicted octanol–water partition coefficient (Wildman–Crippen LogP) is 3.64. The maximum Gasteiger partial charge on any atom is 0.337 e. The highest BCUT2D eigenvalue weighted by Crippen LogP contribution is 2.36. The summed E-state index contributed by atoms with van der Waals surface area (Å²) in [4.78, 5) is 41.6. The Kier molecular flexibility index (Phi) is 6.14. The number of carbonyl (C=O) groups is 2. The minimum atomic E-state index is -0.439. The highest BCUT2D eigenvalue weighted by atomic mass is 32.2. The van der Waals surface area contributed by atoms with Crippen molar-refractivity contribution in [2.75, 3.05) is 12.4 Å². The summed E-state index contributed by atoms with van der Waals surface area (Å²) in [5.41, 5.74) is 3.58. The van der Waals surface area contributed by atoms with E-state index in [9.17, 15) is 14.4 Å². The van der Waals surface area contributed by atoms with E-state index in [0.717, 1.165) is 11.1 Å². The molecule has 0 bridgehead atoms. The number of fused-ring (bicyclic) bond motifs is 1. The van der Waals surface area contributed by atoms with Crippen molar-refractivity contribution in [3.63, 3.8) is 0 Å². The summed E-state index contributed by atoms with van der Waals surface area (Å²) in [5, 5.41) is 3.39. The van der Waals surface area contributed by atoms with Crippen molar-refractivity contribution in [1.29, 1.82) is 0 Å². The fourth-order valence-electron chi connectivity index (χ4n) is 3.87. The van der Waals surface area contributed by atoms with Gasteiger partial charge in [-0.1, -0.05) is 53.7 Å². The Bertz CT molecular complexity index is 1250. The van der Waals surface area contributed by atoms with Gasteiger partial charge >= 0.3 is 5.97 Å². The smallest absolute Gasteiger partial charge is 0.337 e. The number of rotatable bonds is 5. The molecule has 1 aromatic heterocycles. The number of aromatic nitrogens is 2. The first-order valence-corrected chi connectivity index (χ1v) is 11.1. The highest BCUT2D eigenvalue weighted by molar-refractivity contribution is 7.98. The largest absolute Gasteiger partial charge is 0.465 e. The summed E-state index contributed by atoms with van der Waals surface area (Å²) >= 11 is 1.45. The minimum Gasteiger partial charge on any atom is -0.465 e. The van der Waals surface area contributed by atoms with Gasteiger partial charge in [0.1, 0.15) is 5.82 Å². The van der Waals surface area contributed by atoms with E-state index in [4.69, 9.17) is 4.74 Å². The number of carbonyl (C=O) groups excluding carboxylic acids is 2. The number of methoxy groups -OCH3 is 1. The van der Waals surface area contributed by atoms with Crippen LogP contribution in [-0.4, -0.2) is 28.5 Å². The van der Waals surface area contributed by atoms with Gasteiger partial charge in [0.05, 0.1) is 18.2 Å². The quantitative estimate of drug-likeness (QED) is 0.363. The molecule has 164 valence electrons. The first kappa shape index (κ1) is 21.8. The summed E-state index contributed by atoms with van der Waals surface area (Å²) in [6.45, 7) is 2.04. The van der Waals surface area contributed by atoms with Crippen LogP contribution in [0.3, 0.4) is 0 Å². The molecule has 3 aromatic rings. The van der Waals surface area contributed by atoms with Crippen LogP contribution in [0.2, 0.25) is 0 Å².